The van der Waals surface area contributed by atoms with Crippen LogP contribution in [0.1, 0.15) is 49.7 Å². The number of amides is 2. The van der Waals surface area contributed by atoms with Crippen LogP contribution in [0.15, 0.2) is 61.2 Å². The molecule has 2 amide bonds. The van der Waals surface area contributed by atoms with Crippen LogP contribution in [-0.2, 0) is 14.3 Å². The number of benzene rings is 2. The van der Waals surface area contributed by atoms with Gasteiger partial charge in [0.05, 0.1) is 0 Å². The third-order valence-electron chi connectivity index (χ3n) is 6.96. The number of fused-ring (bicyclic) bond motifs is 3. The standard InChI is InChI=1S/C27H30N2O5/c1-3-4-14-23(24(30)29-16-9-15-27(29,2)25(31)32)28-26(33)34-17-22-20-12-7-5-10-18(20)19-11-6-8-13-21(19)22/h3,5-8,10-13,22-23H,1,4,9,14-17H2,2H3,(H,28,33)(H,31,32)/t23?,27-/m1/s1. The molecule has 1 aliphatic carbocycles. The molecule has 0 spiro atoms. The molecule has 7 heteroatoms. The number of ether oxygens (including phenoxy) is 1. The first kappa shape index (κ1) is 23.5. The number of hydrogen-bond donors (Lipinski definition) is 2. The fourth-order valence-corrected chi connectivity index (χ4v) is 5.05. The minimum absolute atomic E-state index is 0.0886. The number of carboxylic acids is 1. The lowest BCUT2D eigenvalue weighted by molar-refractivity contribution is -0.156. The number of alkyl carbamates (subject to hydrolysis) is 1. The van der Waals surface area contributed by atoms with Crippen molar-refractivity contribution >= 4 is 18.0 Å². The maximum absolute atomic E-state index is 13.3. The second-order valence-corrected chi connectivity index (χ2v) is 9.06. The Morgan fingerprint density at radius 2 is 1.79 bits per heavy atom. The number of hydrogen-bond acceptors (Lipinski definition) is 4. The summed E-state index contributed by atoms with van der Waals surface area (Å²) in [6.07, 6.45) is 2.78. The number of nitrogens with one attached hydrogen (secondary N) is 1. The van der Waals surface area contributed by atoms with Gasteiger partial charge in [0.25, 0.3) is 0 Å². The quantitative estimate of drug-likeness (QED) is 0.570. The molecule has 178 valence electrons. The smallest absolute Gasteiger partial charge is 0.407 e. The van der Waals surface area contributed by atoms with Crippen LogP contribution in [0.4, 0.5) is 4.79 Å². The lowest BCUT2D eigenvalue weighted by atomic mass is 9.98. The highest BCUT2D eigenvalue weighted by Gasteiger charge is 2.47. The van der Waals surface area contributed by atoms with E-state index in [-0.39, 0.29) is 12.5 Å². The number of likely N-dealkylation sites (tertiary alicyclic amines) is 1. The van der Waals surface area contributed by atoms with E-state index in [9.17, 15) is 19.5 Å². The highest BCUT2D eigenvalue weighted by atomic mass is 16.5. The lowest BCUT2D eigenvalue weighted by Crippen LogP contribution is -2.57. The highest BCUT2D eigenvalue weighted by molar-refractivity contribution is 5.91. The summed E-state index contributed by atoms with van der Waals surface area (Å²) in [6, 6.07) is 15.2. The largest absolute Gasteiger partial charge is 0.480 e. The topological polar surface area (TPSA) is 95.9 Å². The Morgan fingerprint density at radius 3 is 2.38 bits per heavy atom. The molecule has 1 saturated heterocycles. The third kappa shape index (κ3) is 4.30. The number of aliphatic carboxylic acids is 1. The predicted molar refractivity (Wildman–Crippen MR) is 128 cm³/mol. The number of nitrogens with zero attached hydrogens (tertiary/aromatic N) is 1. The van der Waals surface area contributed by atoms with Crippen LogP contribution in [0.2, 0.25) is 0 Å². The minimum atomic E-state index is -1.27. The first-order valence-electron chi connectivity index (χ1n) is 11.6. The van der Waals surface area contributed by atoms with Crippen molar-refractivity contribution in [3.8, 4) is 11.1 Å². The van der Waals surface area contributed by atoms with Crippen LogP contribution in [0.3, 0.4) is 0 Å². The van der Waals surface area contributed by atoms with Crippen molar-refractivity contribution in [2.24, 2.45) is 0 Å². The van der Waals surface area contributed by atoms with E-state index in [0.717, 1.165) is 22.3 Å². The van der Waals surface area contributed by atoms with Gasteiger partial charge in [-0.2, -0.15) is 0 Å². The molecule has 7 nitrogen and oxygen atoms in total. The highest BCUT2D eigenvalue weighted by Crippen LogP contribution is 2.44. The third-order valence-corrected chi connectivity index (χ3v) is 6.96. The van der Waals surface area contributed by atoms with E-state index in [1.165, 1.54) is 4.90 Å². The van der Waals surface area contributed by atoms with Gasteiger partial charge in [0.2, 0.25) is 5.91 Å². The molecule has 1 unspecified atom stereocenters. The summed E-state index contributed by atoms with van der Waals surface area (Å²) in [5, 5.41) is 12.4. The maximum Gasteiger partial charge on any atom is 0.407 e. The van der Waals surface area contributed by atoms with Crippen molar-refractivity contribution in [3.63, 3.8) is 0 Å². The molecule has 1 heterocycles. The van der Waals surface area contributed by atoms with E-state index in [4.69, 9.17) is 4.74 Å². The summed E-state index contributed by atoms with van der Waals surface area (Å²) >= 11 is 0. The summed E-state index contributed by atoms with van der Waals surface area (Å²) in [4.78, 5) is 39.2. The van der Waals surface area contributed by atoms with Gasteiger partial charge >= 0.3 is 12.1 Å². The van der Waals surface area contributed by atoms with Gasteiger partial charge in [-0.3, -0.25) is 4.79 Å². The van der Waals surface area contributed by atoms with Crippen LogP contribution >= 0.6 is 0 Å². The van der Waals surface area contributed by atoms with Gasteiger partial charge in [-0.1, -0.05) is 54.6 Å². The molecule has 34 heavy (non-hydrogen) atoms. The number of allylic oxidation sites excluding steroid dienone is 1. The molecule has 0 bridgehead atoms. The van der Waals surface area contributed by atoms with Gasteiger partial charge < -0.3 is 20.1 Å². The molecule has 4 rings (SSSR count). The van der Waals surface area contributed by atoms with E-state index >= 15 is 0 Å². The van der Waals surface area contributed by atoms with Crippen LogP contribution < -0.4 is 5.32 Å². The Bertz CT molecular complexity index is 1070. The molecular formula is C27H30N2O5. The second kappa shape index (κ2) is 9.71. The van der Waals surface area contributed by atoms with E-state index in [1.54, 1.807) is 13.0 Å². The first-order valence-corrected chi connectivity index (χ1v) is 11.6. The maximum atomic E-state index is 13.3. The van der Waals surface area contributed by atoms with Gasteiger partial charge in [0.1, 0.15) is 18.2 Å². The Balaban J connectivity index is 1.46. The fraction of sp³-hybridized carbons (Fsp3) is 0.370. The zero-order chi connectivity index (χ0) is 24.3. The molecule has 2 aromatic rings. The van der Waals surface area contributed by atoms with Crippen LogP contribution in [0.25, 0.3) is 11.1 Å². The van der Waals surface area contributed by atoms with Crippen molar-refractivity contribution in [2.45, 2.75) is 50.1 Å². The van der Waals surface area contributed by atoms with Crippen molar-refractivity contribution < 1.29 is 24.2 Å². The van der Waals surface area contributed by atoms with Crippen LogP contribution in [0.5, 0.6) is 0 Å². The molecule has 0 radical (unpaired) electrons. The molecular weight excluding hydrogens is 432 g/mol. The summed E-state index contributed by atoms with van der Waals surface area (Å²) in [5.41, 5.74) is 3.20. The molecule has 0 aromatic heterocycles. The van der Waals surface area contributed by atoms with Crippen molar-refractivity contribution in [1.82, 2.24) is 10.2 Å². The minimum Gasteiger partial charge on any atom is -0.480 e. The molecule has 2 atom stereocenters. The zero-order valence-electron chi connectivity index (χ0n) is 19.3. The average Bonchev–Trinajstić information content (AvgIpc) is 3.39. The van der Waals surface area contributed by atoms with Gasteiger partial charge in [-0.15, -0.1) is 6.58 Å². The van der Waals surface area contributed by atoms with Crippen molar-refractivity contribution in [2.75, 3.05) is 13.2 Å². The Morgan fingerprint density at radius 1 is 1.18 bits per heavy atom. The molecule has 1 fully saturated rings. The number of rotatable bonds is 8. The Kier molecular flexibility index (Phi) is 6.72. The predicted octanol–water partition coefficient (Wildman–Crippen LogP) is 4.33. The number of carboxylic acid groups (broad SMARTS) is 1. The Labute approximate surface area is 199 Å². The van der Waals surface area contributed by atoms with E-state index in [2.05, 4.69) is 24.0 Å². The monoisotopic (exact) mass is 462 g/mol. The van der Waals surface area contributed by atoms with Gasteiger partial charge in [0.15, 0.2) is 0 Å². The van der Waals surface area contributed by atoms with Crippen molar-refractivity contribution in [1.29, 1.82) is 0 Å². The summed E-state index contributed by atoms with van der Waals surface area (Å²) in [7, 11) is 0. The SMILES string of the molecule is C=CCCC(NC(=O)OCC1c2ccccc2-c2ccccc21)C(=O)N1CCC[C@]1(C)C(=O)O. The van der Waals surface area contributed by atoms with E-state index in [0.29, 0.717) is 32.2 Å². The van der Waals surface area contributed by atoms with E-state index in [1.807, 2.05) is 36.4 Å². The van der Waals surface area contributed by atoms with E-state index < -0.39 is 29.6 Å². The molecule has 2 aromatic carbocycles. The average molecular weight is 463 g/mol. The Hall–Kier alpha value is -3.61. The zero-order valence-corrected chi connectivity index (χ0v) is 19.3. The normalized spacial score (nSPS) is 19.7. The first-order chi connectivity index (χ1) is 16.4. The summed E-state index contributed by atoms with van der Waals surface area (Å²) < 4.78 is 5.60. The van der Waals surface area contributed by atoms with Gasteiger partial charge in [-0.05, 0) is 54.9 Å². The molecule has 2 N–H and O–H groups in total. The van der Waals surface area contributed by atoms with Gasteiger partial charge in [0, 0.05) is 12.5 Å². The number of carbonyl (C=O) groups excluding carboxylic acids is 2. The second-order valence-electron chi connectivity index (χ2n) is 9.06. The number of carbonyl (C=O) groups is 3. The van der Waals surface area contributed by atoms with Gasteiger partial charge in [-0.25, -0.2) is 9.59 Å². The summed E-state index contributed by atoms with van der Waals surface area (Å²) in [5.74, 6) is -1.53. The van der Waals surface area contributed by atoms with Crippen LogP contribution in [-0.4, -0.2) is 52.7 Å². The molecule has 1 aliphatic heterocycles. The molecule has 0 saturated carbocycles. The lowest BCUT2D eigenvalue weighted by Gasteiger charge is -2.34. The van der Waals surface area contributed by atoms with Crippen LogP contribution in [0, 0.1) is 0 Å². The summed E-state index contributed by atoms with van der Waals surface area (Å²) in [6.45, 7) is 5.73. The molecule has 2 aliphatic rings. The van der Waals surface area contributed by atoms with Crippen molar-refractivity contribution in [3.05, 3.63) is 72.3 Å². The fourth-order valence-electron chi connectivity index (χ4n) is 5.05.